The number of nitrogens with one attached hydrogen (secondary N) is 1. The summed E-state index contributed by atoms with van der Waals surface area (Å²) in [6.45, 7) is 1.61. The number of oxime groups is 1. The smallest absolute Gasteiger partial charge is 0.352 e. The van der Waals surface area contributed by atoms with Crippen LogP contribution in [-0.2, 0) is 19.2 Å². The summed E-state index contributed by atoms with van der Waals surface area (Å²) in [6.07, 6.45) is 5.15. The molecular formula is C19H16ClN7O5S4. The van der Waals surface area contributed by atoms with Gasteiger partial charge in [0.05, 0.1) is 0 Å². The summed E-state index contributed by atoms with van der Waals surface area (Å²) in [5.41, 5.74) is 5.82. The van der Waals surface area contributed by atoms with E-state index < -0.39 is 29.2 Å². The summed E-state index contributed by atoms with van der Waals surface area (Å²) in [5.74, 6) is 0.311. The molecule has 4 heterocycles. The van der Waals surface area contributed by atoms with Crippen LogP contribution in [0.15, 0.2) is 20.8 Å². The maximum atomic E-state index is 13.0. The van der Waals surface area contributed by atoms with E-state index in [1.165, 1.54) is 39.8 Å². The second-order valence-corrected chi connectivity index (χ2v) is 12.2. The summed E-state index contributed by atoms with van der Waals surface area (Å²) in [6, 6.07) is -0.996. The maximum absolute atomic E-state index is 13.0. The van der Waals surface area contributed by atoms with Gasteiger partial charge in [-0.2, -0.15) is 0 Å². The van der Waals surface area contributed by atoms with Crippen molar-refractivity contribution in [2.45, 2.75) is 22.7 Å². The van der Waals surface area contributed by atoms with Crippen molar-refractivity contribution >= 4 is 86.4 Å². The highest BCUT2D eigenvalue weighted by Crippen LogP contribution is 2.42. The zero-order chi connectivity index (χ0) is 26.0. The maximum Gasteiger partial charge on any atom is 0.352 e. The Kier molecular flexibility index (Phi) is 8.05. The Morgan fingerprint density at radius 1 is 1.44 bits per heavy atom. The fraction of sp³-hybridized carbons (Fsp3) is 0.316. The van der Waals surface area contributed by atoms with E-state index in [2.05, 4.69) is 31.6 Å². The predicted octanol–water partition coefficient (Wildman–Crippen LogP) is 1.42. The number of nitrogens with zero attached hydrogens (tertiary/aromatic N) is 5. The number of carbonyl (C=O) groups excluding carboxylic acids is 2. The van der Waals surface area contributed by atoms with E-state index in [-0.39, 0.29) is 33.2 Å². The van der Waals surface area contributed by atoms with Gasteiger partial charge >= 0.3 is 5.97 Å². The number of terminal acetylenes is 1. The molecule has 12 nitrogen and oxygen atoms in total. The number of aryl methyl sites for hydroxylation is 1. The molecule has 2 aromatic heterocycles. The quantitative estimate of drug-likeness (QED) is 0.0969. The monoisotopic (exact) mass is 585 g/mol. The van der Waals surface area contributed by atoms with Crippen LogP contribution in [0.4, 0.5) is 5.13 Å². The van der Waals surface area contributed by atoms with Gasteiger partial charge in [0, 0.05) is 11.5 Å². The number of β-lactam (4-membered cyclic amide) rings is 1. The lowest BCUT2D eigenvalue weighted by Crippen LogP contribution is -2.71. The summed E-state index contributed by atoms with van der Waals surface area (Å²) in [4.78, 5) is 48.2. The van der Waals surface area contributed by atoms with Crippen LogP contribution in [0.2, 0.25) is 4.34 Å². The van der Waals surface area contributed by atoms with Crippen LogP contribution in [-0.4, -0.2) is 78.2 Å². The topological polar surface area (TPSA) is 173 Å². The van der Waals surface area contributed by atoms with Gasteiger partial charge in [0.1, 0.15) is 32.2 Å². The van der Waals surface area contributed by atoms with E-state index in [4.69, 9.17) is 28.6 Å². The number of fused-ring (bicyclic) bond motifs is 1. The number of thioether (sulfide) groups is 2. The molecule has 0 bridgehead atoms. The van der Waals surface area contributed by atoms with Gasteiger partial charge < -0.3 is 21.0 Å². The first-order valence-electron chi connectivity index (χ1n) is 9.90. The van der Waals surface area contributed by atoms with Crippen molar-refractivity contribution in [2.24, 2.45) is 5.16 Å². The van der Waals surface area contributed by atoms with Gasteiger partial charge in [0.2, 0.25) is 0 Å². The molecule has 2 aliphatic rings. The molecule has 17 heteroatoms. The highest BCUT2D eigenvalue weighted by molar-refractivity contribution is 8.01. The normalized spacial score (nSPS) is 19.4. The van der Waals surface area contributed by atoms with Crippen LogP contribution in [0.25, 0.3) is 0 Å². The van der Waals surface area contributed by atoms with Gasteiger partial charge in [-0.15, -0.1) is 28.4 Å². The van der Waals surface area contributed by atoms with Crippen LogP contribution < -0.4 is 11.1 Å². The number of thiazole rings is 1. The van der Waals surface area contributed by atoms with Crippen molar-refractivity contribution in [1.29, 1.82) is 0 Å². The Morgan fingerprint density at radius 3 is 2.83 bits per heavy atom. The first kappa shape index (κ1) is 26.2. The van der Waals surface area contributed by atoms with E-state index in [1.807, 2.05) is 6.92 Å². The fourth-order valence-electron chi connectivity index (χ4n) is 3.28. The average molecular weight is 586 g/mol. The molecule has 0 saturated carbocycles. The summed E-state index contributed by atoms with van der Waals surface area (Å²) < 4.78 is 0.806. The minimum absolute atomic E-state index is 0.0223. The van der Waals surface area contributed by atoms with E-state index in [0.29, 0.717) is 21.4 Å². The van der Waals surface area contributed by atoms with Gasteiger partial charge in [-0.1, -0.05) is 57.1 Å². The third kappa shape index (κ3) is 5.30. The number of hydrogen-bond donors (Lipinski definition) is 3. The van der Waals surface area contributed by atoms with Gasteiger partial charge in [0.15, 0.2) is 21.8 Å². The molecule has 2 aromatic rings. The highest BCUT2D eigenvalue weighted by atomic mass is 35.5. The Morgan fingerprint density at radius 2 is 2.22 bits per heavy atom. The lowest BCUT2D eigenvalue weighted by Gasteiger charge is -2.49. The van der Waals surface area contributed by atoms with Gasteiger partial charge in [-0.05, 0) is 12.5 Å². The Balaban J connectivity index is 1.51. The third-order valence-electron chi connectivity index (χ3n) is 4.76. The molecule has 0 aliphatic carbocycles. The first-order chi connectivity index (χ1) is 17.2. The van der Waals surface area contributed by atoms with Crippen molar-refractivity contribution in [3.8, 4) is 12.3 Å². The summed E-state index contributed by atoms with van der Waals surface area (Å²) in [5, 5.41) is 24.4. The van der Waals surface area contributed by atoms with Crippen molar-refractivity contribution < 1.29 is 24.3 Å². The molecule has 4 rings (SSSR count). The number of hydrogen-bond acceptors (Lipinski definition) is 13. The van der Waals surface area contributed by atoms with Crippen LogP contribution in [0, 0.1) is 19.3 Å². The molecule has 1 unspecified atom stereocenters. The standard InChI is InChI=1S/C19H16ClN7O5S4/c1-3-4-32-26-10(9-13(20)36-18(21)23-9)14(28)22-11-15(29)27-12(17(30)31)8(5-33-16(11)27)6-34-19-25-24-7(2)35-19/h1,11,16H,4-6H2,2H3,(H2,21,23)(H,22,28)(H,30,31)/t11?,16-/m1/s1. The zero-order valence-electron chi connectivity index (χ0n) is 18.3. The van der Waals surface area contributed by atoms with Crippen molar-refractivity contribution in [1.82, 2.24) is 25.4 Å². The second kappa shape index (κ2) is 11.0. The van der Waals surface area contributed by atoms with Crippen LogP contribution >= 0.6 is 57.8 Å². The lowest BCUT2D eigenvalue weighted by molar-refractivity contribution is -0.150. The molecule has 0 aromatic carbocycles. The highest BCUT2D eigenvalue weighted by Gasteiger charge is 2.54. The van der Waals surface area contributed by atoms with E-state index in [1.54, 1.807) is 0 Å². The fourth-order valence-corrected chi connectivity index (χ4v) is 7.51. The Bertz CT molecular complexity index is 1330. The number of aromatic nitrogens is 3. The van der Waals surface area contributed by atoms with Crippen molar-refractivity contribution in [3.63, 3.8) is 0 Å². The predicted molar refractivity (Wildman–Crippen MR) is 138 cm³/mol. The number of aliphatic carboxylic acids is 1. The number of nitrogens with two attached hydrogens (primary N) is 1. The number of anilines is 1. The Hall–Kier alpha value is -2.84. The number of nitrogen functional groups attached to an aromatic ring is 1. The molecular weight excluding hydrogens is 570 g/mol. The summed E-state index contributed by atoms with van der Waals surface area (Å²) in [7, 11) is 0. The molecule has 1 saturated heterocycles. The number of amides is 2. The molecule has 1 fully saturated rings. The number of carbonyl (C=O) groups is 3. The van der Waals surface area contributed by atoms with Crippen molar-refractivity contribution in [3.05, 3.63) is 26.3 Å². The molecule has 2 atom stereocenters. The molecule has 4 N–H and O–H groups in total. The number of carboxylic acid groups (broad SMARTS) is 1. The first-order valence-corrected chi connectivity index (χ1v) is 13.9. The van der Waals surface area contributed by atoms with E-state index in [0.717, 1.165) is 16.3 Å². The van der Waals surface area contributed by atoms with Gasteiger partial charge in [-0.3, -0.25) is 14.5 Å². The molecule has 2 amide bonds. The number of halogens is 1. The van der Waals surface area contributed by atoms with E-state index in [9.17, 15) is 19.5 Å². The van der Waals surface area contributed by atoms with Gasteiger partial charge in [0.25, 0.3) is 11.8 Å². The SMILES string of the molecule is C#CCON=C(C(=O)NC1C(=O)N2C(C(=O)O)=C(CSc3nnc(C)s3)CS[C@H]12)c1nc(N)sc1Cl. The number of rotatable bonds is 9. The van der Waals surface area contributed by atoms with Crippen LogP contribution in [0.5, 0.6) is 0 Å². The minimum atomic E-state index is -1.22. The van der Waals surface area contributed by atoms with Crippen molar-refractivity contribution in [2.75, 3.05) is 23.8 Å². The molecule has 188 valence electrons. The molecule has 0 spiro atoms. The summed E-state index contributed by atoms with van der Waals surface area (Å²) >= 11 is 11.2. The average Bonchev–Trinajstić information content (AvgIpc) is 3.41. The second-order valence-electron chi connectivity index (χ2n) is 7.09. The molecule has 36 heavy (non-hydrogen) atoms. The van der Waals surface area contributed by atoms with Crippen LogP contribution in [0.1, 0.15) is 10.7 Å². The lowest BCUT2D eigenvalue weighted by atomic mass is 10.0. The zero-order valence-corrected chi connectivity index (χ0v) is 22.3. The third-order valence-corrected chi connectivity index (χ3v) is 9.24. The largest absolute Gasteiger partial charge is 0.477 e. The Labute approximate surface area is 225 Å². The number of carboxylic acids is 1. The van der Waals surface area contributed by atoms with Crippen LogP contribution in [0.3, 0.4) is 0 Å². The molecule has 0 radical (unpaired) electrons. The minimum Gasteiger partial charge on any atom is -0.477 e. The molecule has 2 aliphatic heterocycles. The van der Waals surface area contributed by atoms with E-state index >= 15 is 0 Å². The van der Waals surface area contributed by atoms with Gasteiger partial charge in [-0.25, -0.2) is 9.78 Å².